The van der Waals surface area contributed by atoms with Gasteiger partial charge in [-0.3, -0.25) is 0 Å². The number of hydrogen-bond acceptors (Lipinski definition) is 3. The van der Waals surface area contributed by atoms with E-state index in [1.807, 2.05) is 0 Å². The van der Waals surface area contributed by atoms with Crippen LogP contribution >= 0.6 is 0 Å². The summed E-state index contributed by atoms with van der Waals surface area (Å²) in [4.78, 5) is 3.34. The molecule has 130 valence electrons. The summed E-state index contributed by atoms with van der Waals surface area (Å²) in [6.07, 6.45) is 1.98. The summed E-state index contributed by atoms with van der Waals surface area (Å²) in [5.74, 6) is -0.318. The van der Waals surface area contributed by atoms with E-state index < -0.39 is 0 Å². The average Bonchev–Trinajstić information content (AvgIpc) is 2.89. The Morgan fingerprint density at radius 3 is 2.71 bits per heavy atom. The number of nitrogens with two attached hydrogens (primary N) is 1. The summed E-state index contributed by atoms with van der Waals surface area (Å²) in [7, 11) is 0. The molecule has 0 saturated carbocycles. The predicted molar refractivity (Wildman–Crippen MR) is 100 cm³/mol. The fourth-order valence-electron chi connectivity index (χ4n) is 2.90. The van der Waals surface area contributed by atoms with Gasteiger partial charge in [0.05, 0.1) is 0 Å². The third kappa shape index (κ3) is 4.23. The Morgan fingerprint density at radius 1 is 1.38 bits per heavy atom. The number of halogens is 1. The SMILES string of the molecule is C=C(N)c1cc(F)cc2[nH]c(C(C)(C)CCCNCC(C)=N)cc12. The second-order valence-corrected chi connectivity index (χ2v) is 7.07. The maximum atomic E-state index is 13.8. The Bertz CT molecular complexity index is 758. The zero-order chi connectivity index (χ0) is 17.9. The molecule has 0 spiro atoms. The summed E-state index contributed by atoms with van der Waals surface area (Å²) in [5, 5.41) is 11.6. The highest BCUT2D eigenvalue weighted by Crippen LogP contribution is 2.33. The molecule has 0 bridgehead atoms. The van der Waals surface area contributed by atoms with Gasteiger partial charge in [0.2, 0.25) is 0 Å². The molecule has 2 rings (SSSR count). The molecule has 0 radical (unpaired) electrons. The summed E-state index contributed by atoms with van der Waals surface area (Å²) in [6.45, 7) is 11.4. The molecule has 0 atom stereocenters. The van der Waals surface area contributed by atoms with Crippen LogP contribution in [0.2, 0.25) is 0 Å². The van der Waals surface area contributed by atoms with E-state index in [0.717, 1.165) is 36.0 Å². The quantitative estimate of drug-likeness (QED) is 0.437. The second kappa shape index (κ2) is 7.18. The molecule has 0 aliphatic heterocycles. The zero-order valence-electron chi connectivity index (χ0n) is 14.7. The van der Waals surface area contributed by atoms with Crippen molar-refractivity contribution in [2.24, 2.45) is 5.73 Å². The van der Waals surface area contributed by atoms with E-state index in [9.17, 15) is 4.39 Å². The van der Waals surface area contributed by atoms with Crippen molar-refractivity contribution >= 4 is 22.3 Å². The first-order chi connectivity index (χ1) is 11.2. The van der Waals surface area contributed by atoms with Gasteiger partial charge < -0.3 is 21.4 Å². The molecule has 0 saturated heterocycles. The van der Waals surface area contributed by atoms with Crippen molar-refractivity contribution in [3.63, 3.8) is 0 Å². The van der Waals surface area contributed by atoms with Crippen molar-refractivity contribution in [3.05, 3.63) is 41.9 Å². The van der Waals surface area contributed by atoms with Crippen LogP contribution < -0.4 is 11.1 Å². The van der Waals surface area contributed by atoms with Gasteiger partial charge in [-0.1, -0.05) is 20.4 Å². The normalized spacial score (nSPS) is 11.8. The monoisotopic (exact) mass is 330 g/mol. The van der Waals surface area contributed by atoms with E-state index in [1.165, 1.54) is 12.1 Å². The van der Waals surface area contributed by atoms with E-state index in [-0.39, 0.29) is 11.2 Å². The van der Waals surface area contributed by atoms with E-state index >= 15 is 0 Å². The van der Waals surface area contributed by atoms with Crippen molar-refractivity contribution in [2.75, 3.05) is 13.1 Å². The molecule has 1 heterocycles. The fraction of sp³-hybridized carbons (Fsp3) is 0.421. The van der Waals surface area contributed by atoms with Gasteiger partial charge in [-0.2, -0.15) is 0 Å². The minimum atomic E-state index is -0.318. The smallest absolute Gasteiger partial charge is 0.125 e. The van der Waals surface area contributed by atoms with Gasteiger partial charge in [-0.05, 0) is 44.5 Å². The van der Waals surface area contributed by atoms with Gasteiger partial charge in [-0.25, -0.2) is 4.39 Å². The highest BCUT2D eigenvalue weighted by atomic mass is 19.1. The molecule has 5 heteroatoms. The maximum Gasteiger partial charge on any atom is 0.125 e. The molecule has 1 aromatic heterocycles. The topological polar surface area (TPSA) is 77.7 Å². The molecule has 5 N–H and O–H groups in total. The predicted octanol–water partition coefficient (Wildman–Crippen LogP) is 3.92. The standard InChI is InChI=1S/C19H27FN4/c1-12(21)11-23-7-5-6-19(3,4)18-10-16-15(13(2)22)8-14(20)9-17(16)24-18/h8-10,21,23-24H,2,5-7,11,22H2,1,3-4H3. The van der Waals surface area contributed by atoms with Crippen molar-refractivity contribution in [3.8, 4) is 0 Å². The molecule has 24 heavy (non-hydrogen) atoms. The molecule has 0 fully saturated rings. The van der Waals surface area contributed by atoms with E-state index in [0.29, 0.717) is 23.5 Å². The van der Waals surface area contributed by atoms with E-state index in [4.69, 9.17) is 11.1 Å². The number of aromatic amines is 1. The summed E-state index contributed by atoms with van der Waals surface area (Å²) < 4.78 is 13.8. The molecular formula is C19H27FN4. The molecule has 0 aliphatic carbocycles. The molecule has 1 aromatic carbocycles. The van der Waals surface area contributed by atoms with Gasteiger partial charge in [0.15, 0.2) is 0 Å². The average molecular weight is 330 g/mol. The van der Waals surface area contributed by atoms with Crippen molar-refractivity contribution < 1.29 is 4.39 Å². The lowest BCUT2D eigenvalue weighted by Crippen LogP contribution is -2.24. The number of H-pyrrole nitrogens is 1. The first-order valence-electron chi connectivity index (χ1n) is 8.23. The van der Waals surface area contributed by atoms with Crippen LogP contribution in [-0.2, 0) is 5.41 Å². The Labute approximate surface area is 142 Å². The zero-order valence-corrected chi connectivity index (χ0v) is 14.7. The number of aromatic nitrogens is 1. The molecule has 0 unspecified atom stereocenters. The highest BCUT2D eigenvalue weighted by Gasteiger charge is 2.23. The summed E-state index contributed by atoms with van der Waals surface area (Å²) in [5.41, 5.74) is 9.20. The Hall–Kier alpha value is -2.14. The van der Waals surface area contributed by atoms with Crippen LogP contribution in [0.1, 0.15) is 44.9 Å². The van der Waals surface area contributed by atoms with Crippen molar-refractivity contribution in [1.29, 1.82) is 5.41 Å². The van der Waals surface area contributed by atoms with E-state index in [2.05, 4.69) is 36.8 Å². The van der Waals surface area contributed by atoms with Crippen LogP contribution in [0, 0.1) is 11.2 Å². The minimum Gasteiger partial charge on any atom is -0.399 e. The highest BCUT2D eigenvalue weighted by molar-refractivity contribution is 5.92. The Morgan fingerprint density at radius 2 is 2.08 bits per heavy atom. The van der Waals surface area contributed by atoms with Crippen LogP contribution in [0.15, 0.2) is 24.8 Å². The van der Waals surface area contributed by atoms with Crippen LogP contribution in [0.25, 0.3) is 16.6 Å². The molecule has 4 nitrogen and oxygen atoms in total. The molecule has 0 aliphatic rings. The number of benzene rings is 1. The van der Waals surface area contributed by atoms with Crippen molar-refractivity contribution in [2.45, 2.75) is 39.0 Å². The maximum absolute atomic E-state index is 13.8. The van der Waals surface area contributed by atoms with E-state index in [1.54, 1.807) is 6.92 Å². The third-order valence-electron chi connectivity index (χ3n) is 4.32. The lowest BCUT2D eigenvalue weighted by Gasteiger charge is -2.23. The van der Waals surface area contributed by atoms with Crippen LogP contribution in [0.3, 0.4) is 0 Å². The first kappa shape index (κ1) is 18.2. The van der Waals surface area contributed by atoms with Crippen LogP contribution in [0.4, 0.5) is 4.39 Å². The van der Waals surface area contributed by atoms with Crippen LogP contribution in [0.5, 0.6) is 0 Å². The molecule has 0 amide bonds. The summed E-state index contributed by atoms with van der Waals surface area (Å²) >= 11 is 0. The van der Waals surface area contributed by atoms with Crippen LogP contribution in [-0.4, -0.2) is 23.8 Å². The van der Waals surface area contributed by atoms with Gasteiger partial charge in [0.1, 0.15) is 5.82 Å². The second-order valence-electron chi connectivity index (χ2n) is 7.07. The van der Waals surface area contributed by atoms with Gasteiger partial charge in [0, 0.05) is 45.5 Å². The molecular weight excluding hydrogens is 303 g/mol. The third-order valence-corrected chi connectivity index (χ3v) is 4.32. The van der Waals surface area contributed by atoms with Crippen molar-refractivity contribution in [1.82, 2.24) is 10.3 Å². The Balaban J connectivity index is 2.16. The minimum absolute atomic E-state index is 0.0654. The number of fused-ring (bicyclic) bond motifs is 1. The number of nitrogens with one attached hydrogen (secondary N) is 3. The number of hydrogen-bond donors (Lipinski definition) is 4. The number of rotatable bonds is 8. The fourth-order valence-corrected chi connectivity index (χ4v) is 2.90. The van der Waals surface area contributed by atoms with Gasteiger partial charge in [-0.15, -0.1) is 0 Å². The Kier molecular flexibility index (Phi) is 5.44. The largest absolute Gasteiger partial charge is 0.399 e. The van der Waals surface area contributed by atoms with Gasteiger partial charge in [0.25, 0.3) is 0 Å². The first-order valence-corrected chi connectivity index (χ1v) is 8.23. The lowest BCUT2D eigenvalue weighted by atomic mass is 9.84. The molecule has 2 aromatic rings. The summed E-state index contributed by atoms with van der Waals surface area (Å²) in [6, 6.07) is 4.98. The van der Waals surface area contributed by atoms with Gasteiger partial charge >= 0.3 is 0 Å². The lowest BCUT2D eigenvalue weighted by molar-refractivity contribution is 0.445.